The van der Waals surface area contributed by atoms with E-state index in [0.29, 0.717) is 0 Å². The third kappa shape index (κ3) is 3.75. The summed E-state index contributed by atoms with van der Waals surface area (Å²) in [4.78, 5) is 12.2. The highest BCUT2D eigenvalue weighted by Crippen LogP contribution is 2.23. The number of aromatic nitrogens is 3. The lowest BCUT2D eigenvalue weighted by Gasteiger charge is -2.04. The van der Waals surface area contributed by atoms with Crippen molar-refractivity contribution >= 4 is 38.6 Å². The molecule has 0 aliphatic heterocycles. The molecule has 4 aromatic rings. The van der Waals surface area contributed by atoms with Gasteiger partial charge in [0.15, 0.2) is 0 Å². The van der Waals surface area contributed by atoms with E-state index in [9.17, 15) is 0 Å². The van der Waals surface area contributed by atoms with E-state index in [4.69, 9.17) is 11.6 Å². The molecule has 1 N–H and O–H groups in total. The molecule has 0 spiro atoms. The molecule has 0 aliphatic rings. The van der Waals surface area contributed by atoms with Crippen LogP contribution in [0.4, 0.5) is 0 Å². The average molecular weight is 413 g/mol. The Morgan fingerprint density at radius 2 is 1.72 bits per heavy atom. The van der Waals surface area contributed by atoms with Crippen LogP contribution in [0.25, 0.3) is 11.0 Å². The third-order valence-electron chi connectivity index (χ3n) is 4.16. The Morgan fingerprint density at radius 1 is 0.920 bits per heavy atom. The van der Waals surface area contributed by atoms with Crippen molar-refractivity contribution in [3.05, 3.63) is 92.9 Å². The molecular formula is C20H15BrClN3. The van der Waals surface area contributed by atoms with Gasteiger partial charge in [0, 0.05) is 52.0 Å². The van der Waals surface area contributed by atoms with Crippen molar-refractivity contribution in [2.45, 2.75) is 12.8 Å². The van der Waals surface area contributed by atoms with Crippen LogP contribution in [0.1, 0.15) is 22.4 Å². The summed E-state index contributed by atoms with van der Waals surface area (Å²) in [5.41, 5.74) is 5.56. The Bertz CT molecular complexity index is 1010. The van der Waals surface area contributed by atoms with E-state index in [2.05, 4.69) is 49.1 Å². The number of halogens is 2. The number of hydrogen-bond donors (Lipinski definition) is 1. The molecular weight excluding hydrogens is 398 g/mol. The molecule has 3 heterocycles. The molecule has 0 amide bonds. The van der Waals surface area contributed by atoms with Crippen LogP contribution in [0.5, 0.6) is 0 Å². The van der Waals surface area contributed by atoms with Gasteiger partial charge < -0.3 is 4.98 Å². The van der Waals surface area contributed by atoms with Crippen LogP contribution in [0, 0.1) is 0 Å². The van der Waals surface area contributed by atoms with Gasteiger partial charge in [-0.15, -0.1) is 0 Å². The van der Waals surface area contributed by atoms with Gasteiger partial charge in [-0.2, -0.15) is 0 Å². The Labute approximate surface area is 159 Å². The van der Waals surface area contributed by atoms with Crippen LogP contribution in [0.2, 0.25) is 5.02 Å². The SMILES string of the molecule is Clc1ccc(Cc2ccc(Cc3c[nH]c4ncc(Br)cc34)cn2)cc1. The zero-order valence-electron chi connectivity index (χ0n) is 13.3. The number of H-pyrrole nitrogens is 1. The van der Waals surface area contributed by atoms with E-state index in [0.717, 1.165) is 39.1 Å². The maximum absolute atomic E-state index is 5.93. The van der Waals surface area contributed by atoms with Gasteiger partial charge in [0.05, 0.1) is 0 Å². The van der Waals surface area contributed by atoms with Gasteiger partial charge in [0.25, 0.3) is 0 Å². The third-order valence-corrected chi connectivity index (χ3v) is 4.85. The van der Waals surface area contributed by atoms with Gasteiger partial charge >= 0.3 is 0 Å². The summed E-state index contributed by atoms with van der Waals surface area (Å²) in [5, 5.41) is 1.89. The topological polar surface area (TPSA) is 41.6 Å². The van der Waals surface area contributed by atoms with Gasteiger partial charge in [-0.1, -0.05) is 29.8 Å². The molecule has 3 nitrogen and oxygen atoms in total. The minimum Gasteiger partial charge on any atom is -0.346 e. The number of fused-ring (bicyclic) bond motifs is 1. The van der Waals surface area contributed by atoms with Gasteiger partial charge in [0.2, 0.25) is 0 Å². The van der Waals surface area contributed by atoms with E-state index in [-0.39, 0.29) is 0 Å². The molecule has 4 rings (SSSR count). The normalized spacial score (nSPS) is 11.1. The first-order chi connectivity index (χ1) is 12.2. The molecule has 124 valence electrons. The molecule has 1 aromatic carbocycles. The number of nitrogens with one attached hydrogen (secondary N) is 1. The van der Waals surface area contributed by atoms with Crippen molar-refractivity contribution in [2.24, 2.45) is 0 Å². The monoisotopic (exact) mass is 411 g/mol. The van der Waals surface area contributed by atoms with E-state index >= 15 is 0 Å². The molecule has 3 aromatic heterocycles. The summed E-state index contributed by atoms with van der Waals surface area (Å²) in [6, 6.07) is 14.2. The second-order valence-electron chi connectivity index (χ2n) is 6.00. The number of aromatic amines is 1. The molecule has 0 atom stereocenters. The van der Waals surface area contributed by atoms with Crippen molar-refractivity contribution < 1.29 is 0 Å². The summed E-state index contributed by atoms with van der Waals surface area (Å²) in [7, 11) is 0. The first-order valence-electron chi connectivity index (χ1n) is 7.97. The average Bonchev–Trinajstić information content (AvgIpc) is 3.01. The number of hydrogen-bond acceptors (Lipinski definition) is 2. The van der Waals surface area contributed by atoms with Crippen molar-refractivity contribution in [3.8, 4) is 0 Å². The van der Waals surface area contributed by atoms with E-state index < -0.39 is 0 Å². The summed E-state index contributed by atoms with van der Waals surface area (Å²) in [6.07, 6.45) is 7.41. The van der Waals surface area contributed by atoms with Crippen LogP contribution >= 0.6 is 27.5 Å². The summed E-state index contributed by atoms with van der Waals surface area (Å²) in [5.74, 6) is 0. The summed E-state index contributed by atoms with van der Waals surface area (Å²) < 4.78 is 0.984. The molecule has 0 saturated carbocycles. The molecule has 0 aliphatic carbocycles. The number of pyridine rings is 2. The number of nitrogens with zero attached hydrogens (tertiary/aromatic N) is 2. The predicted molar refractivity (Wildman–Crippen MR) is 105 cm³/mol. The second-order valence-corrected chi connectivity index (χ2v) is 7.35. The largest absolute Gasteiger partial charge is 0.346 e. The Balaban J connectivity index is 1.51. The maximum Gasteiger partial charge on any atom is 0.137 e. The van der Waals surface area contributed by atoms with E-state index in [1.807, 2.05) is 36.7 Å². The Morgan fingerprint density at radius 3 is 2.48 bits per heavy atom. The second kappa shape index (κ2) is 6.98. The summed E-state index contributed by atoms with van der Waals surface area (Å²) >= 11 is 9.41. The van der Waals surface area contributed by atoms with Crippen LogP contribution in [-0.2, 0) is 12.8 Å². The molecule has 0 unspecified atom stereocenters. The Kier molecular flexibility index (Phi) is 4.55. The van der Waals surface area contributed by atoms with Crippen LogP contribution in [0.3, 0.4) is 0 Å². The highest BCUT2D eigenvalue weighted by Gasteiger charge is 2.07. The van der Waals surface area contributed by atoms with Gasteiger partial charge in [0.1, 0.15) is 5.65 Å². The first-order valence-corrected chi connectivity index (χ1v) is 9.14. The smallest absolute Gasteiger partial charge is 0.137 e. The fraction of sp³-hybridized carbons (Fsp3) is 0.100. The highest BCUT2D eigenvalue weighted by molar-refractivity contribution is 9.10. The minimum absolute atomic E-state index is 0.756. The lowest BCUT2D eigenvalue weighted by Crippen LogP contribution is -1.94. The number of benzene rings is 1. The molecule has 0 fully saturated rings. The van der Waals surface area contributed by atoms with Crippen LogP contribution < -0.4 is 0 Å². The maximum atomic E-state index is 5.93. The zero-order valence-corrected chi connectivity index (χ0v) is 15.7. The van der Waals surface area contributed by atoms with E-state index in [1.54, 1.807) is 6.20 Å². The van der Waals surface area contributed by atoms with Crippen molar-refractivity contribution in [3.63, 3.8) is 0 Å². The molecule has 0 radical (unpaired) electrons. The lowest BCUT2D eigenvalue weighted by atomic mass is 10.1. The van der Waals surface area contributed by atoms with Crippen molar-refractivity contribution in [2.75, 3.05) is 0 Å². The van der Waals surface area contributed by atoms with Gasteiger partial charge in [-0.3, -0.25) is 4.98 Å². The zero-order chi connectivity index (χ0) is 17.2. The van der Waals surface area contributed by atoms with E-state index in [1.165, 1.54) is 16.7 Å². The van der Waals surface area contributed by atoms with Gasteiger partial charge in [-0.05, 0) is 56.9 Å². The van der Waals surface area contributed by atoms with Crippen LogP contribution in [0.15, 0.2) is 65.5 Å². The number of rotatable bonds is 4. The van der Waals surface area contributed by atoms with Crippen molar-refractivity contribution in [1.82, 2.24) is 15.0 Å². The molecule has 25 heavy (non-hydrogen) atoms. The highest BCUT2D eigenvalue weighted by atomic mass is 79.9. The summed E-state index contributed by atoms with van der Waals surface area (Å²) in [6.45, 7) is 0. The fourth-order valence-electron chi connectivity index (χ4n) is 2.87. The minimum atomic E-state index is 0.756. The van der Waals surface area contributed by atoms with Crippen molar-refractivity contribution in [1.29, 1.82) is 0 Å². The Hall–Kier alpha value is -2.17. The standard InChI is InChI=1S/C20H15BrClN3/c21-16-9-19-15(11-24-20(19)25-12-16)7-14-3-6-18(23-10-14)8-13-1-4-17(22)5-2-13/h1-6,9-12H,7-8H2,(H,24,25). The first kappa shape index (κ1) is 16.3. The molecule has 0 bridgehead atoms. The molecule has 0 saturated heterocycles. The lowest BCUT2D eigenvalue weighted by molar-refractivity contribution is 1.04. The predicted octanol–water partition coefficient (Wildman–Crippen LogP) is 5.56. The van der Waals surface area contributed by atoms with Crippen LogP contribution in [-0.4, -0.2) is 15.0 Å². The quantitative estimate of drug-likeness (QED) is 0.477. The molecule has 5 heteroatoms. The van der Waals surface area contributed by atoms with Gasteiger partial charge in [-0.25, -0.2) is 4.98 Å². The fourth-order valence-corrected chi connectivity index (χ4v) is 3.33.